The second kappa shape index (κ2) is 3.55. The number of hydrogen-bond donors (Lipinski definition) is 1. The van der Waals surface area contributed by atoms with Crippen molar-refractivity contribution in [2.75, 3.05) is 0 Å². The summed E-state index contributed by atoms with van der Waals surface area (Å²) < 4.78 is 19.4. The number of aryl methyl sites for hydroxylation is 1. The van der Waals surface area contributed by atoms with E-state index in [1.54, 1.807) is 13.0 Å². The van der Waals surface area contributed by atoms with E-state index in [0.717, 1.165) is 0 Å². The highest BCUT2D eigenvalue weighted by Gasteiger charge is 2.05. The van der Waals surface area contributed by atoms with E-state index in [0.29, 0.717) is 5.56 Å². The lowest BCUT2D eigenvalue weighted by Crippen LogP contribution is -1.91. The minimum absolute atomic E-state index is 0.165. The van der Waals surface area contributed by atoms with Gasteiger partial charge in [-0.05, 0) is 29.8 Å². The molecule has 1 aromatic carbocycles. The van der Waals surface area contributed by atoms with E-state index in [9.17, 15) is 9.12 Å². The van der Waals surface area contributed by atoms with Crippen LogP contribution in [-0.4, -0.2) is 8.76 Å². The lowest BCUT2D eigenvalue weighted by atomic mass is 10.2. The third kappa shape index (κ3) is 1.75. The fraction of sp³-hybridized carbons (Fsp3) is 0.143. The van der Waals surface area contributed by atoms with Gasteiger partial charge in [0.05, 0.1) is 4.90 Å². The molecule has 0 aliphatic heterocycles. The third-order valence-electron chi connectivity index (χ3n) is 1.47. The molecule has 12 heavy (non-hydrogen) atoms. The van der Waals surface area contributed by atoms with E-state index >= 15 is 0 Å². The van der Waals surface area contributed by atoms with Crippen LogP contribution in [0, 0.1) is 11.8 Å². The predicted molar refractivity (Wildman–Crippen MR) is 45.7 cm³/mol. The Morgan fingerprint density at radius 1 is 1.50 bits per heavy atom. The van der Waals surface area contributed by atoms with Crippen LogP contribution in [0.3, 0.4) is 0 Å². The maximum absolute atomic E-state index is 10.7. The van der Waals surface area contributed by atoms with Gasteiger partial charge in [0.25, 0.3) is 0 Å². The molecule has 0 amide bonds. The van der Waals surface area contributed by atoms with Gasteiger partial charge in [-0.25, -0.2) is 4.21 Å². The second-order valence-corrected chi connectivity index (χ2v) is 3.23. The molecule has 1 unspecified atom stereocenters. The molecule has 4 nitrogen and oxygen atoms in total. The van der Waals surface area contributed by atoms with Gasteiger partial charge in [-0.2, -0.15) is 0 Å². The quantitative estimate of drug-likeness (QED) is 0.565. The molecule has 1 atom stereocenters. The van der Waals surface area contributed by atoms with E-state index in [-0.39, 0.29) is 10.6 Å². The smallest absolute Gasteiger partial charge is 0.186 e. The molecule has 0 heterocycles. The molecule has 0 aromatic heterocycles. The molecule has 1 aromatic rings. The van der Waals surface area contributed by atoms with Crippen LogP contribution in [-0.2, 0) is 11.1 Å². The lowest BCUT2D eigenvalue weighted by molar-refractivity contribution is 0.564. The molecule has 0 fully saturated rings. The van der Waals surface area contributed by atoms with Gasteiger partial charge < -0.3 is 4.55 Å². The Morgan fingerprint density at radius 3 is 2.67 bits per heavy atom. The fourth-order valence-corrected chi connectivity index (χ4v) is 1.40. The minimum Gasteiger partial charge on any atom is -0.302 e. The molecule has 0 radical (unpaired) electrons. The number of benzene rings is 1. The van der Waals surface area contributed by atoms with Crippen LogP contribution in [0.4, 0.5) is 5.69 Å². The molecule has 1 N–H and O–H groups in total. The van der Waals surface area contributed by atoms with Crippen molar-refractivity contribution in [3.8, 4) is 0 Å². The van der Waals surface area contributed by atoms with Crippen molar-refractivity contribution in [1.82, 2.24) is 0 Å². The summed E-state index contributed by atoms with van der Waals surface area (Å²) in [6, 6.07) is 4.39. The number of hydrogen-bond acceptors (Lipinski definition) is 3. The highest BCUT2D eigenvalue weighted by Crippen LogP contribution is 2.19. The average Bonchev–Trinajstić information content (AvgIpc) is 2.05. The molecule has 64 valence electrons. The van der Waals surface area contributed by atoms with Gasteiger partial charge in [0.2, 0.25) is 0 Å². The van der Waals surface area contributed by atoms with Crippen molar-refractivity contribution < 1.29 is 8.76 Å². The summed E-state index contributed by atoms with van der Waals surface area (Å²) in [6.45, 7) is 1.69. The van der Waals surface area contributed by atoms with Crippen molar-refractivity contribution in [1.29, 1.82) is 0 Å². The standard InChI is InChI=1S/C7H7NO3S/c1-5-2-3-6(8-9)4-7(5)12(10)11/h2-4H,1H3,(H,10,11). The zero-order valence-electron chi connectivity index (χ0n) is 6.35. The van der Waals surface area contributed by atoms with Crippen molar-refractivity contribution in [3.05, 3.63) is 28.7 Å². The second-order valence-electron chi connectivity index (χ2n) is 2.29. The van der Waals surface area contributed by atoms with E-state index < -0.39 is 11.1 Å². The first kappa shape index (κ1) is 9.02. The predicted octanol–water partition coefficient (Wildman–Crippen LogP) is 1.97. The first-order chi connectivity index (χ1) is 5.65. The van der Waals surface area contributed by atoms with Gasteiger partial charge in [0, 0.05) is 0 Å². The summed E-state index contributed by atoms with van der Waals surface area (Å²) in [6.07, 6.45) is 0. The molecular weight excluding hydrogens is 178 g/mol. The van der Waals surface area contributed by atoms with E-state index in [2.05, 4.69) is 5.18 Å². The van der Waals surface area contributed by atoms with Crippen molar-refractivity contribution >= 4 is 16.8 Å². The Labute approximate surface area is 71.9 Å². The zero-order valence-corrected chi connectivity index (χ0v) is 7.17. The van der Waals surface area contributed by atoms with Gasteiger partial charge in [-0.15, -0.1) is 4.91 Å². The third-order valence-corrected chi connectivity index (χ3v) is 2.28. The first-order valence-electron chi connectivity index (χ1n) is 3.20. The van der Waals surface area contributed by atoms with Crippen molar-refractivity contribution in [2.24, 2.45) is 5.18 Å². The summed E-state index contributed by atoms with van der Waals surface area (Å²) in [5, 5.41) is 2.66. The topological polar surface area (TPSA) is 66.7 Å². The largest absolute Gasteiger partial charge is 0.302 e. The Kier molecular flexibility index (Phi) is 2.67. The normalized spacial score (nSPS) is 12.5. The molecule has 5 heteroatoms. The van der Waals surface area contributed by atoms with Crippen LogP contribution >= 0.6 is 0 Å². The van der Waals surface area contributed by atoms with Gasteiger partial charge >= 0.3 is 0 Å². The Hall–Kier alpha value is -1.07. The maximum Gasteiger partial charge on any atom is 0.186 e. The van der Waals surface area contributed by atoms with E-state index in [1.165, 1.54) is 12.1 Å². The SMILES string of the molecule is Cc1ccc(N=O)cc1S(=O)O. The Bertz CT molecular complexity index is 337. The van der Waals surface area contributed by atoms with Crippen LogP contribution in [0.2, 0.25) is 0 Å². The van der Waals surface area contributed by atoms with Crippen molar-refractivity contribution in [3.63, 3.8) is 0 Å². The van der Waals surface area contributed by atoms with Crippen LogP contribution in [0.5, 0.6) is 0 Å². The molecule has 0 saturated heterocycles. The summed E-state index contributed by atoms with van der Waals surface area (Å²) in [5.74, 6) is 0. The zero-order chi connectivity index (χ0) is 9.14. The number of nitrogens with zero attached hydrogens (tertiary/aromatic N) is 1. The molecule has 0 saturated carbocycles. The highest BCUT2D eigenvalue weighted by molar-refractivity contribution is 7.79. The summed E-state index contributed by atoms with van der Waals surface area (Å²) in [7, 11) is 0. The Balaban J connectivity index is 3.25. The van der Waals surface area contributed by atoms with Gasteiger partial charge in [-0.3, -0.25) is 0 Å². The Morgan fingerprint density at radius 2 is 2.17 bits per heavy atom. The monoisotopic (exact) mass is 185 g/mol. The highest BCUT2D eigenvalue weighted by atomic mass is 32.2. The van der Waals surface area contributed by atoms with Crippen LogP contribution in [0.15, 0.2) is 28.3 Å². The van der Waals surface area contributed by atoms with Gasteiger partial charge in [0.1, 0.15) is 5.69 Å². The summed E-state index contributed by atoms with van der Waals surface area (Å²) in [5.41, 5.74) is 0.834. The molecular formula is C7H7NO3S. The van der Waals surface area contributed by atoms with Crippen LogP contribution in [0.1, 0.15) is 5.56 Å². The summed E-state index contributed by atoms with van der Waals surface area (Å²) in [4.78, 5) is 10.3. The molecule has 0 aliphatic rings. The average molecular weight is 185 g/mol. The minimum atomic E-state index is -2.05. The van der Waals surface area contributed by atoms with Crippen LogP contribution < -0.4 is 0 Å². The maximum atomic E-state index is 10.7. The number of nitroso groups, excluding NO2 is 1. The molecule has 0 aliphatic carbocycles. The fourth-order valence-electron chi connectivity index (χ4n) is 0.834. The number of rotatable bonds is 2. The van der Waals surface area contributed by atoms with Gasteiger partial charge in [-0.1, -0.05) is 6.07 Å². The van der Waals surface area contributed by atoms with E-state index in [4.69, 9.17) is 4.55 Å². The summed E-state index contributed by atoms with van der Waals surface area (Å²) >= 11 is -2.05. The molecule has 0 bridgehead atoms. The van der Waals surface area contributed by atoms with E-state index in [1.807, 2.05) is 0 Å². The molecule has 1 rings (SSSR count). The first-order valence-corrected chi connectivity index (χ1v) is 4.30. The van der Waals surface area contributed by atoms with Crippen LogP contribution in [0.25, 0.3) is 0 Å². The molecule has 0 spiro atoms. The van der Waals surface area contributed by atoms with Gasteiger partial charge in [0.15, 0.2) is 11.1 Å². The van der Waals surface area contributed by atoms with Crippen molar-refractivity contribution in [2.45, 2.75) is 11.8 Å². The lowest BCUT2D eigenvalue weighted by Gasteiger charge is -1.99.